The average Bonchev–Trinajstić information content (AvgIpc) is 3.48. The standard InChI is InChI=1S/C25H25N3O2/c29-25(28-15-13-27(14-16-28)12-11-19-6-2-1-3-7-19)20-8-4-9-22-24(20)21(18-26-22)23-10-5-17-30-23/h1-10,17-18,26H,11-16H2. The first-order valence-electron chi connectivity index (χ1n) is 10.5. The second kappa shape index (κ2) is 8.20. The third-order valence-electron chi connectivity index (χ3n) is 5.94. The van der Waals surface area contributed by atoms with Gasteiger partial charge in [0, 0.05) is 61.0 Å². The van der Waals surface area contributed by atoms with Crippen LogP contribution in [0.3, 0.4) is 0 Å². The number of piperazine rings is 1. The number of amides is 1. The highest BCUT2D eigenvalue weighted by atomic mass is 16.3. The molecule has 0 aliphatic carbocycles. The maximum absolute atomic E-state index is 13.4. The van der Waals surface area contributed by atoms with Crippen LogP contribution in [-0.2, 0) is 6.42 Å². The number of furan rings is 1. The molecule has 1 aliphatic rings. The van der Waals surface area contributed by atoms with Crippen LogP contribution in [0.4, 0.5) is 0 Å². The molecular weight excluding hydrogens is 374 g/mol. The van der Waals surface area contributed by atoms with Gasteiger partial charge in [0.25, 0.3) is 5.91 Å². The lowest BCUT2D eigenvalue weighted by Gasteiger charge is -2.35. The Morgan fingerprint density at radius 2 is 1.77 bits per heavy atom. The number of nitrogens with zero attached hydrogens (tertiary/aromatic N) is 2. The zero-order valence-electron chi connectivity index (χ0n) is 16.9. The summed E-state index contributed by atoms with van der Waals surface area (Å²) in [6, 6.07) is 20.2. The minimum Gasteiger partial charge on any atom is -0.464 e. The number of hydrogen-bond acceptors (Lipinski definition) is 3. The van der Waals surface area contributed by atoms with Crippen LogP contribution in [0.5, 0.6) is 0 Å². The number of benzene rings is 2. The SMILES string of the molecule is O=C(c1cccc2[nH]cc(-c3ccco3)c12)N1CCN(CCc2ccccc2)CC1. The third-order valence-corrected chi connectivity index (χ3v) is 5.94. The lowest BCUT2D eigenvalue weighted by atomic mass is 10.0. The van der Waals surface area contributed by atoms with E-state index in [1.165, 1.54) is 5.56 Å². The summed E-state index contributed by atoms with van der Waals surface area (Å²) in [5.41, 5.74) is 3.98. The largest absolute Gasteiger partial charge is 0.464 e. The van der Waals surface area contributed by atoms with Crippen LogP contribution in [0.2, 0.25) is 0 Å². The first kappa shape index (κ1) is 18.7. The van der Waals surface area contributed by atoms with Crippen molar-refractivity contribution in [1.82, 2.24) is 14.8 Å². The van der Waals surface area contributed by atoms with Crippen molar-refractivity contribution in [3.05, 3.63) is 84.3 Å². The number of nitrogens with one attached hydrogen (secondary N) is 1. The Labute approximate surface area is 175 Å². The van der Waals surface area contributed by atoms with E-state index in [9.17, 15) is 4.79 Å². The third kappa shape index (κ3) is 3.64. The molecule has 4 aromatic rings. The van der Waals surface area contributed by atoms with Crippen molar-refractivity contribution in [3.63, 3.8) is 0 Å². The van der Waals surface area contributed by atoms with Crippen molar-refractivity contribution in [2.45, 2.75) is 6.42 Å². The maximum atomic E-state index is 13.4. The lowest BCUT2D eigenvalue weighted by molar-refractivity contribution is 0.0640. The van der Waals surface area contributed by atoms with Crippen LogP contribution >= 0.6 is 0 Å². The van der Waals surface area contributed by atoms with Crippen molar-refractivity contribution in [3.8, 4) is 11.3 Å². The van der Waals surface area contributed by atoms with E-state index >= 15 is 0 Å². The molecule has 5 heteroatoms. The van der Waals surface area contributed by atoms with Crippen LogP contribution < -0.4 is 0 Å². The summed E-state index contributed by atoms with van der Waals surface area (Å²) in [4.78, 5) is 21.1. The van der Waals surface area contributed by atoms with Gasteiger partial charge in [0.15, 0.2) is 0 Å². The van der Waals surface area contributed by atoms with Crippen molar-refractivity contribution < 1.29 is 9.21 Å². The number of aromatic nitrogens is 1. The van der Waals surface area contributed by atoms with Gasteiger partial charge in [0.05, 0.1) is 6.26 Å². The Kier molecular flexibility index (Phi) is 5.11. The molecule has 5 rings (SSSR count). The molecule has 152 valence electrons. The number of carbonyl (C=O) groups is 1. The fourth-order valence-electron chi connectivity index (χ4n) is 4.27. The Morgan fingerprint density at radius 1 is 0.933 bits per heavy atom. The highest BCUT2D eigenvalue weighted by molar-refractivity contribution is 6.11. The number of aromatic amines is 1. The predicted molar refractivity (Wildman–Crippen MR) is 118 cm³/mol. The zero-order valence-corrected chi connectivity index (χ0v) is 16.9. The van der Waals surface area contributed by atoms with E-state index in [-0.39, 0.29) is 5.91 Å². The quantitative estimate of drug-likeness (QED) is 0.540. The van der Waals surface area contributed by atoms with Gasteiger partial charge in [-0.05, 0) is 36.2 Å². The van der Waals surface area contributed by atoms with Crippen molar-refractivity contribution in [2.75, 3.05) is 32.7 Å². The van der Waals surface area contributed by atoms with Gasteiger partial charge < -0.3 is 14.3 Å². The number of carbonyl (C=O) groups excluding carboxylic acids is 1. The van der Waals surface area contributed by atoms with Crippen LogP contribution in [0.15, 0.2) is 77.5 Å². The van der Waals surface area contributed by atoms with Gasteiger partial charge >= 0.3 is 0 Å². The monoisotopic (exact) mass is 399 g/mol. The molecule has 0 bridgehead atoms. The minimum absolute atomic E-state index is 0.0933. The van der Waals surface area contributed by atoms with Gasteiger partial charge in [-0.1, -0.05) is 36.4 Å². The van der Waals surface area contributed by atoms with Gasteiger partial charge in [0.1, 0.15) is 5.76 Å². The van der Waals surface area contributed by atoms with E-state index in [2.05, 4.69) is 40.2 Å². The maximum Gasteiger partial charge on any atom is 0.254 e. The van der Waals surface area contributed by atoms with E-state index in [0.717, 1.165) is 66.9 Å². The molecule has 30 heavy (non-hydrogen) atoms. The molecule has 3 heterocycles. The summed E-state index contributed by atoms with van der Waals surface area (Å²) in [7, 11) is 0. The number of rotatable bonds is 5. The van der Waals surface area contributed by atoms with Crippen molar-refractivity contribution >= 4 is 16.8 Å². The lowest BCUT2D eigenvalue weighted by Crippen LogP contribution is -2.49. The topological polar surface area (TPSA) is 52.5 Å². The van der Waals surface area contributed by atoms with E-state index in [1.54, 1.807) is 6.26 Å². The molecule has 2 aromatic carbocycles. The van der Waals surface area contributed by atoms with E-state index in [0.29, 0.717) is 0 Å². The molecule has 0 atom stereocenters. The second-order valence-electron chi connectivity index (χ2n) is 7.78. The smallest absolute Gasteiger partial charge is 0.254 e. The summed E-state index contributed by atoms with van der Waals surface area (Å²) in [6.45, 7) is 4.36. The average molecular weight is 399 g/mol. The molecule has 1 amide bonds. The van der Waals surface area contributed by atoms with Crippen LogP contribution in [-0.4, -0.2) is 53.4 Å². The molecular formula is C25H25N3O2. The van der Waals surface area contributed by atoms with E-state index < -0.39 is 0 Å². The normalized spacial score (nSPS) is 15.0. The van der Waals surface area contributed by atoms with Crippen molar-refractivity contribution in [1.29, 1.82) is 0 Å². The Balaban J connectivity index is 1.29. The fraction of sp³-hybridized carbons (Fsp3) is 0.240. The highest BCUT2D eigenvalue weighted by Crippen LogP contribution is 2.32. The molecule has 2 aromatic heterocycles. The van der Waals surface area contributed by atoms with E-state index in [4.69, 9.17) is 4.42 Å². The molecule has 5 nitrogen and oxygen atoms in total. The summed E-state index contributed by atoms with van der Waals surface area (Å²) < 4.78 is 5.59. The molecule has 0 saturated carbocycles. The Bertz CT molecular complexity index is 1120. The molecule has 0 radical (unpaired) electrons. The molecule has 0 unspecified atom stereocenters. The van der Waals surface area contributed by atoms with Crippen LogP contribution in [0.1, 0.15) is 15.9 Å². The van der Waals surface area contributed by atoms with Crippen LogP contribution in [0.25, 0.3) is 22.2 Å². The fourth-order valence-corrected chi connectivity index (χ4v) is 4.27. The summed E-state index contributed by atoms with van der Waals surface area (Å²) in [5.74, 6) is 0.864. The van der Waals surface area contributed by atoms with E-state index in [1.807, 2.05) is 41.4 Å². The Hall–Kier alpha value is -3.31. The number of fused-ring (bicyclic) bond motifs is 1. The molecule has 1 fully saturated rings. The Morgan fingerprint density at radius 3 is 2.53 bits per heavy atom. The molecule has 1 saturated heterocycles. The van der Waals surface area contributed by atoms with Crippen molar-refractivity contribution in [2.24, 2.45) is 0 Å². The first-order valence-corrected chi connectivity index (χ1v) is 10.5. The van der Waals surface area contributed by atoms with Gasteiger partial charge in [-0.15, -0.1) is 0 Å². The minimum atomic E-state index is 0.0933. The molecule has 0 spiro atoms. The molecule has 1 aliphatic heterocycles. The highest BCUT2D eigenvalue weighted by Gasteiger charge is 2.25. The number of H-pyrrole nitrogens is 1. The summed E-state index contributed by atoms with van der Waals surface area (Å²) in [5, 5.41) is 0.934. The van der Waals surface area contributed by atoms with Gasteiger partial charge in [-0.25, -0.2) is 0 Å². The zero-order chi connectivity index (χ0) is 20.3. The summed E-state index contributed by atoms with van der Waals surface area (Å²) in [6.07, 6.45) is 4.62. The predicted octanol–water partition coefficient (Wildman–Crippen LogP) is 4.43. The molecule has 1 N–H and O–H groups in total. The number of hydrogen-bond donors (Lipinski definition) is 1. The second-order valence-corrected chi connectivity index (χ2v) is 7.78. The first-order chi connectivity index (χ1) is 14.8. The van der Waals surface area contributed by atoms with Crippen LogP contribution in [0, 0.1) is 0 Å². The van der Waals surface area contributed by atoms with Gasteiger partial charge in [0.2, 0.25) is 0 Å². The van der Waals surface area contributed by atoms with Gasteiger partial charge in [-0.2, -0.15) is 0 Å². The van der Waals surface area contributed by atoms with Gasteiger partial charge in [-0.3, -0.25) is 9.69 Å². The summed E-state index contributed by atoms with van der Waals surface area (Å²) >= 11 is 0.